The number of amides is 1. The molecule has 1 fully saturated rings. The molecule has 0 radical (unpaired) electrons. The summed E-state index contributed by atoms with van der Waals surface area (Å²) in [7, 11) is 0. The van der Waals surface area contributed by atoms with Crippen molar-refractivity contribution in [3.63, 3.8) is 0 Å². The van der Waals surface area contributed by atoms with E-state index in [9.17, 15) is 9.59 Å². The van der Waals surface area contributed by atoms with Crippen molar-refractivity contribution in [1.29, 1.82) is 0 Å². The van der Waals surface area contributed by atoms with Crippen LogP contribution >= 0.6 is 23.4 Å². The van der Waals surface area contributed by atoms with Crippen LogP contribution in [0, 0.1) is 0 Å². The Kier molecular flexibility index (Phi) is 6.18. The van der Waals surface area contributed by atoms with E-state index in [1.807, 2.05) is 6.07 Å². The lowest BCUT2D eigenvalue weighted by Gasteiger charge is -2.14. The van der Waals surface area contributed by atoms with Gasteiger partial charge in [0.05, 0.1) is 28.4 Å². The topological polar surface area (TPSA) is 73.2 Å². The van der Waals surface area contributed by atoms with Crippen LogP contribution in [0.25, 0.3) is 16.6 Å². The van der Waals surface area contributed by atoms with Crippen LogP contribution in [0.2, 0.25) is 5.02 Å². The lowest BCUT2D eigenvalue weighted by Crippen LogP contribution is -2.33. The van der Waals surface area contributed by atoms with Gasteiger partial charge in [-0.1, -0.05) is 41.6 Å². The maximum atomic E-state index is 13.2. The fourth-order valence-corrected chi connectivity index (χ4v) is 4.29. The number of hydrogen-bond acceptors (Lipinski definition) is 5. The van der Waals surface area contributed by atoms with Crippen molar-refractivity contribution >= 4 is 40.2 Å². The third-order valence-electron chi connectivity index (χ3n) is 4.69. The summed E-state index contributed by atoms with van der Waals surface area (Å²) < 4.78 is 7.03. The van der Waals surface area contributed by atoms with E-state index >= 15 is 0 Å². The summed E-state index contributed by atoms with van der Waals surface area (Å²) in [5.74, 6) is 0.0310. The number of carbonyl (C=O) groups excluding carboxylic acids is 1. The van der Waals surface area contributed by atoms with Crippen molar-refractivity contribution in [2.45, 2.75) is 24.1 Å². The van der Waals surface area contributed by atoms with Gasteiger partial charge in [-0.05, 0) is 43.2 Å². The van der Waals surface area contributed by atoms with Gasteiger partial charge in [0.1, 0.15) is 0 Å². The number of carbonyl (C=O) groups is 1. The number of aromatic nitrogens is 2. The minimum Gasteiger partial charge on any atom is -0.376 e. The summed E-state index contributed by atoms with van der Waals surface area (Å²) in [6, 6.07) is 14.2. The Morgan fingerprint density at radius 1 is 1.28 bits per heavy atom. The third-order valence-corrected chi connectivity index (χ3v) is 5.87. The van der Waals surface area contributed by atoms with Gasteiger partial charge in [-0.15, -0.1) is 0 Å². The highest BCUT2D eigenvalue weighted by atomic mass is 35.5. The molecule has 2 heterocycles. The number of para-hydroxylation sites is 1. The lowest BCUT2D eigenvalue weighted by atomic mass is 10.2. The van der Waals surface area contributed by atoms with Crippen LogP contribution in [0.5, 0.6) is 0 Å². The van der Waals surface area contributed by atoms with Gasteiger partial charge < -0.3 is 10.1 Å². The van der Waals surface area contributed by atoms with Crippen LogP contribution in [0.4, 0.5) is 0 Å². The third kappa shape index (κ3) is 4.63. The molecule has 2 aromatic carbocycles. The van der Waals surface area contributed by atoms with E-state index in [4.69, 9.17) is 16.3 Å². The van der Waals surface area contributed by atoms with Crippen LogP contribution in [0.1, 0.15) is 12.8 Å². The molecule has 1 aliphatic rings. The zero-order valence-corrected chi connectivity index (χ0v) is 17.2. The molecule has 0 spiro atoms. The maximum absolute atomic E-state index is 13.2. The molecule has 1 saturated heterocycles. The number of nitrogens with zero attached hydrogens (tertiary/aromatic N) is 2. The first-order valence-electron chi connectivity index (χ1n) is 9.40. The number of fused-ring (bicyclic) bond motifs is 1. The molecule has 8 heteroatoms. The van der Waals surface area contributed by atoms with Crippen LogP contribution in [0.3, 0.4) is 0 Å². The second-order valence-electron chi connectivity index (χ2n) is 6.76. The Balaban J connectivity index is 1.61. The summed E-state index contributed by atoms with van der Waals surface area (Å²) in [5, 5.41) is 4.38. The predicted molar refractivity (Wildman–Crippen MR) is 115 cm³/mol. The molecular weight excluding hydrogens is 410 g/mol. The van der Waals surface area contributed by atoms with E-state index in [-0.39, 0.29) is 23.3 Å². The Hall–Kier alpha value is -2.35. The molecule has 150 valence electrons. The van der Waals surface area contributed by atoms with Crippen LogP contribution in [-0.4, -0.2) is 40.5 Å². The van der Waals surface area contributed by atoms with Gasteiger partial charge in [0.2, 0.25) is 5.91 Å². The SMILES string of the molecule is O=C(CSc1nc2ccccc2c(=O)n1-c1cccc(Cl)c1)NC[C@@H]1CCCO1. The molecule has 0 aliphatic carbocycles. The molecule has 3 aromatic rings. The number of nitrogens with one attached hydrogen (secondary N) is 1. The van der Waals surface area contributed by atoms with Crippen LogP contribution in [0.15, 0.2) is 58.5 Å². The normalized spacial score (nSPS) is 16.2. The van der Waals surface area contributed by atoms with Crippen molar-refractivity contribution in [2.75, 3.05) is 18.9 Å². The standard InChI is InChI=1S/C21H20ClN3O3S/c22-14-5-3-6-15(11-14)25-20(27)17-8-1-2-9-18(17)24-21(25)29-13-19(26)23-12-16-7-4-10-28-16/h1-3,5-6,8-9,11,16H,4,7,10,12-13H2,(H,23,26)/t16-/m0/s1. The summed E-state index contributed by atoms with van der Waals surface area (Å²) in [6.45, 7) is 1.26. The van der Waals surface area contributed by atoms with Crippen LogP contribution < -0.4 is 10.9 Å². The molecule has 4 rings (SSSR count). The first-order chi connectivity index (χ1) is 14.1. The van der Waals surface area contributed by atoms with Crippen molar-refractivity contribution in [2.24, 2.45) is 0 Å². The average molecular weight is 430 g/mol. The predicted octanol–water partition coefficient (Wildman–Crippen LogP) is 3.43. The quantitative estimate of drug-likeness (QED) is 0.480. The monoisotopic (exact) mass is 429 g/mol. The van der Waals surface area contributed by atoms with Crippen molar-refractivity contribution in [3.8, 4) is 5.69 Å². The second-order valence-corrected chi connectivity index (χ2v) is 8.14. The molecule has 0 unspecified atom stereocenters. The summed E-state index contributed by atoms with van der Waals surface area (Å²) in [5.41, 5.74) is 1.01. The minimum absolute atomic E-state index is 0.0902. The Morgan fingerprint density at radius 2 is 2.14 bits per heavy atom. The van der Waals surface area contributed by atoms with Gasteiger partial charge >= 0.3 is 0 Å². The first-order valence-corrected chi connectivity index (χ1v) is 10.8. The van der Waals surface area contributed by atoms with Crippen molar-refractivity contribution in [3.05, 3.63) is 63.9 Å². The van der Waals surface area contributed by atoms with Crippen molar-refractivity contribution in [1.82, 2.24) is 14.9 Å². The van der Waals surface area contributed by atoms with E-state index in [1.165, 1.54) is 16.3 Å². The van der Waals surface area contributed by atoms with E-state index in [0.717, 1.165) is 19.4 Å². The summed E-state index contributed by atoms with van der Waals surface area (Å²) in [6.07, 6.45) is 2.09. The molecule has 1 N–H and O–H groups in total. The first kappa shape index (κ1) is 19.9. The van der Waals surface area contributed by atoms with Gasteiger partial charge in [-0.25, -0.2) is 4.98 Å². The zero-order valence-electron chi connectivity index (χ0n) is 15.6. The number of ether oxygens (including phenoxy) is 1. The van der Waals surface area contributed by atoms with Crippen molar-refractivity contribution < 1.29 is 9.53 Å². The van der Waals surface area contributed by atoms with Gasteiger partial charge in [0.25, 0.3) is 5.56 Å². The molecule has 1 amide bonds. The highest BCUT2D eigenvalue weighted by molar-refractivity contribution is 7.99. The second kappa shape index (κ2) is 8.98. The summed E-state index contributed by atoms with van der Waals surface area (Å²) in [4.78, 5) is 30.1. The molecule has 6 nitrogen and oxygen atoms in total. The van der Waals surface area contributed by atoms with E-state index in [0.29, 0.717) is 33.3 Å². The molecule has 1 atom stereocenters. The molecule has 29 heavy (non-hydrogen) atoms. The van der Waals surface area contributed by atoms with Gasteiger partial charge in [0.15, 0.2) is 5.16 Å². The van der Waals surface area contributed by atoms with Gasteiger partial charge in [-0.2, -0.15) is 0 Å². The number of benzene rings is 2. The minimum atomic E-state index is -0.194. The number of halogens is 1. The van der Waals surface area contributed by atoms with Gasteiger partial charge in [-0.3, -0.25) is 14.2 Å². The Bertz CT molecular complexity index is 1100. The molecule has 0 bridgehead atoms. The smallest absolute Gasteiger partial charge is 0.266 e. The Labute approximate surface area is 177 Å². The number of hydrogen-bond donors (Lipinski definition) is 1. The molecule has 1 aromatic heterocycles. The molecular formula is C21H20ClN3O3S. The molecule has 0 saturated carbocycles. The highest BCUT2D eigenvalue weighted by Gasteiger charge is 2.18. The van der Waals surface area contributed by atoms with Crippen LogP contribution in [-0.2, 0) is 9.53 Å². The fourth-order valence-electron chi connectivity index (χ4n) is 3.27. The maximum Gasteiger partial charge on any atom is 0.266 e. The van der Waals surface area contributed by atoms with E-state index in [1.54, 1.807) is 42.5 Å². The largest absolute Gasteiger partial charge is 0.376 e. The Morgan fingerprint density at radius 3 is 2.93 bits per heavy atom. The zero-order chi connectivity index (χ0) is 20.2. The number of rotatable bonds is 6. The lowest BCUT2D eigenvalue weighted by molar-refractivity contribution is -0.119. The van der Waals surface area contributed by atoms with Gasteiger partial charge in [0, 0.05) is 18.2 Å². The highest BCUT2D eigenvalue weighted by Crippen LogP contribution is 2.23. The summed E-state index contributed by atoms with van der Waals surface area (Å²) >= 11 is 7.35. The number of thioether (sulfide) groups is 1. The van der Waals surface area contributed by atoms with E-state index < -0.39 is 0 Å². The average Bonchev–Trinajstić information content (AvgIpc) is 3.24. The van der Waals surface area contributed by atoms with E-state index in [2.05, 4.69) is 10.3 Å². The fraction of sp³-hybridized carbons (Fsp3) is 0.286. The molecule has 1 aliphatic heterocycles.